The number of hydrogen-bond acceptors (Lipinski definition) is 3. The van der Waals surface area contributed by atoms with Crippen LogP contribution in [0.15, 0.2) is 24.3 Å². The Labute approximate surface area is 115 Å². The quantitative estimate of drug-likeness (QED) is 0.935. The van der Waals surface area contributed by atoms with Crippen molar-refractivity contribution in [1.29, 1.82) is 0 Å². The number of nitrogens with zero attached hydrogens (tertiary/aromatic N) is 2. The van der Waals surface area contributed by atoms with Gasteiger partial charge in [-0.3, -0.25) is 4.68 Å². The molecular formula is C13H13ClN2O3. The molecule has 0 saturated heterocycles. The topological polar surface area (TPSA) is 64.4 Å². The van der Waals surface area contributed by atoms with E-state index in [1.807, 2.05) is 6.92 Å². The summed E-state index contributed by atoms with van der Waals surface area (Å²) in [5.41, 5.74) is 1.41. The molecule has 0 aliphatic heterocycles. The molecule has 100 valence electrons. The summed E-state index contributed by atoms with van der Waals surface area (Å²) in [6.07, 6.45) is 0. The third-order valence-corrected chi connectivity index (χ3v) is 2.97. The van der Waals surface area contributed by atoms with E-state index < -0.39 is 5.97 Å². The Kier molecular flexibility index (Phi) is 3.76. The minimum atomic E-state index is -1.01. The summed E-state index contributed by atoms with van der Waals surface area (Å²) >= 11 is 5.90. The normalized spacial score (nSPS) is 10.5. The van der Waals surface area contributed by atoms with E-state index in [-0.39, 0.29) is 5.69 Å². The molecule has 0 radical (unpaired) electrons. The predicted molar refractivity (Wildman–Crippen MR) is 71.9 cm³/mol. The van der Waals surface area contributed by atoms with Crippen molar-refractivity contribution in [2.75, 3.05) is 7.11 Å². The second-order valence-corrected chi connectivity index (χ2v) is 4.32. The van der Waals surface area contributed by atoms with E-state index >= 15 is 0 Å². The summed E-state index contributed by atoms with van der Waals surface area (Å²) in [6, 6.07) is 6.67. The van der Waals surface area contributed by atoms with Crippen LogP contribution in [0.1, 0.15) is 17.4 Å². The van der Waals surface area contributed by atoms with Gasteiger partial charge >= 0.3 is 5.97 Å². The Hall–Kier alpha value is -2.01. The third kappa shape index (κ3) is 2.56. The highest BCUT2D eigenvalue weighted by atomic mass is 35.5. The first-order valence-corrected chi connectivity index (χ1v) is 6.09. The molecule has 0 aliphatic carbocycles. The first-order chi connectivity index (χ1) is 9.06. The lowest BCUT2D eigenvalue weighted by Crippen LogP contribution is -2.08. The fourth-order valence-electron chi connectivity index (χ4n) is 1.84. The van der Waals surface area contributed by atoms with Crippen LogP contribution < -0.4 is 4.74 Å². The van der Waals surface area contributed by atoms with Gasteiger partial charge in [0.25, 0.3) is 0 Å². The smallest absolute Gasteiger partial charge is 0.354 e. The average molecular weight is 281 g/mol. The van der Waals surface area contributed by atoms with Gasteiger partial charge in [-0.1, -0.05) is 11.6 Å². The van der Waals surface area contributed by atoms with Crippen LogP contribution in [0.4, 0.5) is 0 Å². The molecule has 0 unspecified atom stereocenters. The number of carboxylic acid groups (broad SMARTS) is 1. The molecule has 1 aromatic heterocycles. The molecule has 6 heteroatoms. The highest BCUT2D eigenvalue weighted by molar-refractivity contribution is 6.30. The average Bonchev–Trinajstić information content (AvgIpc) is 2.82. The summed E-state index contributed by atoms with van der Waals surface area (Å²) in [6.45, 7) is 2.32. The molecule has 2 aromatic rings. The van der Waals surface area contributed by atoms with Crippen molar-refractivity contribution in [3.05, 3.63) is 35.0 Å². The number of aryl methyl sites for hydroxylation is 1. The van der Waals surface area contributed by atoms with Crippen molar-refractivity contribution >= 4 is 17.6 Å². The van der Waals surface area contributed by atoms with Crippen LogP contribution in [-0.2, 0) is 6.54 Å². The molecule has 0 atom stereocenters. The number of ether oxygens (including phenoxy) is 1. The molecule has 0 bridgehead atoms. The molecule has 5 nitrogen and oxygen atoms in total. The van der Waals surface area contributed by atoms with Crippen LogP contribution in [-0.4, -0.2) is 28.0 Å². The number of carboxylic acids is 1. The molecule has 0 saturated carbocycles. The number of carbonyl (C=O) groups is 1. The lowest BCUT2D eigenvalue weighted by Gasteiger charge is -2.06. The van der Waals surface area contributed by atoms with Crippen molar-refractivity contribution < 1.29 is 14.6 Å². The van der Waals surface area contributed by atoms with Crippen LogP contribution in [0.25, 0.3) is 11.3 Å². The van der Waals surface area contributed by atoms with E-state index in [1.54, 1.807) is 18.2 Å². The van der Waals surface area contributed by atoms with Gasteiger partial charge in [-0.05, 0) is 31.2 Å². The Morgan fingerprint density at radius 3 is 2.74 bits per heavy atom. The number of rotatable bonds is 4. The molecule has 2 rings (SSSR count). The second-order valence-electron chi connectivity index (χ2n) is 3.88. The van der Waals surface area contributed by atoms with Gasteiger partial charge in [0.1, 0.15) is 11.4 Å². The zero-order chi connectivity index (χ0) is 14.0. The van der Waals surface area contributed by atoms with E-state index in [0.29, 0.717) is 28.6 Å². The lowest BCUT2D eigenvalue weighted by molar-refractivity contribution is 0.0683. The minimum absolute atomic E-state index is 0.148. The fourth-order valence-corrected chi connectivity index (χ4v) is 2.00. The van der Waals surface area contributed by atoms with E-state index in [0.717, 1.165) is 0 Å². The second kappa shape index (κ2) is 5.32. The number of aromatic nitrogens is 2. The van der Waals surface area contributed by atoms with E-state index in [1.165, 1.54) is 17.9 Å². The molecule has 1 N–H and O–H groups in total. The van der Waals surface area contributed by atoms with Crippen LogP contribution in [0.5, 0.6) is 5.75 Å². The predicted octanol–water partition coefficient (Wildman–Crippen LogP) is 2.93. The van der Waals surface area contributed by atoms with Gasteiger partial charge in [-0.25, -0.2) is 4.79 Å². The molecule has 19 heavy (non-hydrogen) atoms. The van der Waals surface area contributed by atoms with Crippen LogP contribution in [0, 0.1) is 0 Å². The van der Waals surface area contributed by atoms with Gasteiger partial charge in [0, 0.05) is 17.1 Å². The maximum atomic E-state index is 11.1. The van der Waals surface area contributed by atoms with Crippen LogP contribution in [0.3, 0.4) is 0 Å². The summed E-state index contributed by atoms with van der Waals surface area (Å²) in [5.74, 6) is -0.446. The third-order valence-electron chi connectivity index (χ3n) is 2.74. The van der Waals surface area contributed by atoms with Gasteiger partial charge in [-0.2, -0.15) is 5.10 Å². The fraction of sp³-hybridized carbons (Fsp3) is 0.231. The van der Waals surface area contributed by atoms with Gasteiger partial charge in [0.2, 0.25) is 0 Å². The standard InChI is InChI=1S/C13H13ClN2O3/c1-3-16-11(13(17)18)7-10(15-16)9-5-4-8(14)6-12(9)19-2/h4-7H,3H2,1-2H3,(H,17,18). The Bertz CT molecular complexity index is 622. The van der Waals surface area contributed by atoms with E-state index in [4.69, 9.17) is 21.4 Å². The maximum absolute atomic E-state index is 11.1. The molecular weight excluding hydrogens is 268 g/mol. The molecule has 0 aliphatic rings. The van der Waals surface area contributed by atoms with Gasteiger partial charge in [-0.15, -0.1) is 0 Å². The van der Waals surface area contributed by atoms with Crippen LogP contribution >= 0.6 is 11.6 Å². The Morgan fingerprint density at radius 1 is 1.47 bits per heavy atom. The van der Waals surface area contributed by atoms with Crippen molar-refractivity contribution in [2.24, 2.45) is 0 Å². The first-order valence-electron chi connectivity index (χ1n) is 5.72. The largest absolute Gasteiger partial charge is 0.496 e. The van der Waals surface area contributed by atoms with Gasteiger partial charge in [0.05, 0.1) is 12.8 Å². The SMILES string of the molecule is CCn1nc(-c2ccc(Cl)cc2OC)cc1C(=O)O. The van der Waals surface area contributed by atoms with Crippen molar-refractivity contribution in [1.82, 2.24) is 9.78 Å². The number of hydrogen-bond donors (Lipinski definition) is 1. The van der Waals surface area contributed by atoms with Crippen molar-refractivity contribution in [2.45, 2.75) is 13.5 Å². The number of aromatic carboxylic acids is 1. The summed E-state index contributed by atoms with van der Waals surface area (Å²) in [7, 11) is 1.53. The van der Waals surface area contributed by atoms with Crippen molar-refractivity contribution in [3.63, 3.8) is 0 Å². The molecule has 0 spiro atoms. The molecule has 1 heterocycles. The summed E-state index contributed by atoms with van der Waals surface area (Å²) < 4.78 is 6.68. The molecule has 0 fully saturated rings. The molecule has 1 aromatic carbocycles. The van der Waals surface area contributed by atoms with Crippen LogP contribution in [0.2, 0.25) is 5.02 Å². The van der Waals surface area contributed by atoms with E-state index in [9.17, 15) is 4.79 Å². The highest BCUT2D eigenvalue weighted by Gasteiger charge is 2.16. The zero-order valence-corrected chi connectivity index (χ0v) is 11.3. The monoisotopic (exact) mass is 280 g/mol. The lowest BCUT2D eigenvalue weighted by atomic mass is 10.1. The van der Waals surface area contributed by atoms with Gasteiger partial charge in [0.15, 0.2) is 0 Å². The highest BCUT2D eigenvalue weighted by Crippen LogP contribution is 2.31. The summed E-state index contributed by atoms with van der Waals surface area (Å²) in [4.78, 5) is 11.1. The minimum Gasteiger partial charge on any atom is -0.496 e. The number of benzene rings is 1. The summed E-state index contributed by atoms with van der Waals surface area (Å²) in [5, 5.41) is 13.9. The Balaban J connectivity index is 2.56. The maximum Gasteiger partial charge on any atom is 0.354 e. The number of methoxy groups -OCH3 is 1. The first kappa shape index (κ1) is 13.4. The molecule has 0 amide bonds. The zero-order valence-electron chi connectivity index (χ0n) is 10.6. The van der Waals surface area contributed by atoms with Crippen molar-refractivity contribution in [3.8, 4) is 17.0 Å². The van der Waals surface area contributed by atoms with E-state index in [2.05, 4.69) is 5.10 Å². The van der Waals surface area contributed by atoms with Gasteiger partial charge < -0.3 is 9.84 Å². The Morgan fingerprint density at radius 2 is 2.21 bits per heavy atom. The number of halogens is 1.